The predicted octanol–water partition coefficient (Wildman–Crippen LogP) is 3.97. The number of rotatable bonds is 7. The van der Waals surface area contributed by atoms with Crippen LogP contribution < -0.4 is 14.8 Å². The van der Waals surface area contributed by atoms with Gasteiger partial charge in [0, 0.05) is 19.5 Å². The van der Waals surface area contributed by atoms with E-state index in [1.165, 1.54) is 7.11 Å². The molecule has 35 heavy (non-hydrogen) atoms. The zero-order chi connectivity index (χ0) is 25.8. The van der Waals surface area contributed by atoms with Gasteiger partial charge in [-0.25, -0.2) is 9.59 Å². The molecule has 3 rings (SSSR count). The van der Waals surface area contributed by atoms with Gasteiger partial charge in [0.1, 0.15) is 23.1 Å². The number of nitrogens with one attached hydrogen (secondary N) is 1. The third kappa shape index (κ3) is 6.25. The van der Waals surface area contributed by atoms with Gasteiger partial charge in [-0.3, -0.25) is 0 Å². The zero-order valence-corrected chi connectivity index (χ0v) is 21.7. The summed E-state index contributed by atoms with van der Waals surface area (Å²) < 4.78 is 21.7. The lowest BCUT2D eigenvalue weighted by molar-refractivity contribution is -0.143. The van der Waals surface area contributed by atoms with Gasteiger partial charge in [-0.15, -0.1) is 0 Å². The smallest absolute Gasteiger partial charge is 0.408 e. The van der Waals surface area contributed by atoms with Gasteiger partial charge in [0.2, 0.25) is 0 Å². The highest BCUT2D eigenvalue weighted by molar-refractivity contribution is 5.83. The van der Waals surface area contributed by atoms with Crippen molar-refractivity contribution in [3.63, 3.8) is 0 Å². The van der Waals surface area contributed by atoms with E-state index < -0.39 is 23.7 Å². The number of likely N-dealkylation sites (N-methyl/N-ethyl adjacent to an activating group) is 1. The molecule has 1 atom stereocenters. The van der Waals surface area contributed by atoms with E-state index in [9.17, 15) is 9.59 Å². The minimum absolute atomic E-state index is 0.293. The first-order valence-electron chi connectivity index (χ1n) is 11.7. The van der Waals surface area contributed by atoms with E-state index in [-0.39, 0.29) is 0 Å². The van der Waals surface area contributed by atoms with Gasteiger partial charge in [0.05, 0.1) is 26.9 Å². The summed E-state index contributed by atoms with van der Waals surface area (Å²) in [6, 6.07) is 8.92. The minimum atomic E-state index is -0.870. The maximum Gasteiger partial charge on any atom is 0.408 e. The molecule has 2 aromatic rings. The first-order chi connectivity index (χ1) is 16.6. The Morgan fingerprint density at radius 3 is 2.26 bits per heavy atom. The summed E-state index contributed by atoms with van der Waals surface area (Å²) in [5.41, 5.74) is 4.54. The van der Waals surface area contributed by atoms with Crippen molar-refractivity contribution >= 4 is 12.1 Å². The van der Waals surface area contributed by atoms with E-state index in [0.29, 0.717) is 6.42 Å². The van der Waals surface area contributed by atoms with Gasteiger partial charge < -0.3 is 29.2 Å². The van der Waals surface area contributed by atoms with Crippen LogP contribution in [0.15, 0.2) is 30.3 Å². The third-order valence-electron chi connectivity index (χ3n) is 6.00. The highest BCUT2D eigenvalue weighted by atomic mass is 16.6. The molecule has 0 spiro atoms. The van der Waals surface area contributed by atoms with E-state index in [2.05, 4.69) is 17.3 Å². The Hall–Kier alpha value is -3.26. The van der Waals surface area contributed by atoms with Crippen LogP contribution in [0.5, 0.6) is 11.5 Å². The van der Waals surface area contributed by atoms with Crippen LogP contribution in [0.3, 0.4) is 0 Å². The number of hydrogen-bond donors (Lipinski definition) is 1. The number of esters is 1. The van der Waals surface area contributed by atoms with Gasteiger partial charge in [-0.2, -0.15) is 0 Å². The molecule has 0 fully saturated rings. The van der Waals surface area contributed by atoms with Crippen LogP contribution >= 0.6 is 0 Å². The van der Waals surface area contributed by atoms with Crippen LogP contribution in [0.1, 0.15) is 37.5 Å². The molecule has 1 unspecified atom stereocenters. The van der Waals surface area contributed by atoms with Crippen LogP contribution in [-0.2, 0) is 33.7 Å². The molecule has 0 bridgehead atoms. The molecular weight excluding hydrogens is 448 g/mol. The molecule has 0 radical (unpaired) electrons. The summed E-state index contributed by atoms with van der Waals surface area (Å²) >= 11 is 0. The summed E-state index contributed by atoms with van der Waals surface area (Å²) in [5.74, 6) is 0.936. The SMILES string of the molecule is COC(=O)C(Cc1ccc(-c2c(OC)cccc2OC)c2c1CCN(C)C2)NC(=O)OC(C)(C)C. The molecule has 1 aliphatic heterocycles. The molecule has 1 amide bonds. The molecule has 0 saturated heterocycles. The van der Waals surface area contributed by atoms with E-state index in [1.807, 2.05) is 30.3 Å². The normalized spacial score (nSPS) is 14.5. The second-order valence-electron chi connectivity index (χ2n) is 9.68. The number of methoxy groups -OCH3 is 3. The van der Waals surface area contributed by atoms with Crippen molar-refractivity contribution < 1.29 is 28.5 Å². The summed E-state index contributed by atoms with van der Waals surface area (Å²) in [7, 11) is 6.69. The lowest BCUT2D eigenvalue weighted by atomic mass is 9.85. The monoisotopic (exact) mass is 484 g/mol. The molecule has 190 valence electrons. The Kier molecular flexibility index (Phi) is 8.27. The number of ether oxygens (including phenoxy) is 4. The maximum atomic E-state index is 12.6. The Morgan fingerprint density at radius 2 is 1.69 bits per heavy atom. The molecule has 8 heteroatoms. The molecular formula is C27H36N2O6. The van der Waals surface area contributed by atoms with Crippen molar-refractivity contribution in [3.8, 4) is 22.6 Å². The average molecular weight is 485 g/mol. The van der Waals surface area contributed by atoms with Crippen LogP contribution in [-0.4, -0.2) is 63.5 Å². The van der Waals surface area contributed by atoms with Crippen LogP contribution in [0.2, 0.25) is 0 Å². The van der Waals surface area contributed by atoms with Crippen molar-refractivity contribution in [2.75, 3.05) is 34.9 Å². The van der Waals surface area contributed by atoms with Crippen molar-refractivity contribution in [3.05, 3.63) is 47.0 Å². The van der Waals surface area contributed by atoms with Crippen molar-refractivity contribution in [2.45, 2.75) is 51.8 Å². The largest absolute Gasteiger partial charge is 0.496 e. The quantitative estimate of drug-likeness (QED) is 0.595. The molecule has 0 aromatic heterocycles. The molecule has 1 heterocycles. The third-order valence-corrected chi connectivity index (χ3v) is 6.00. The Labute approximate surface area is 207 Å². The van der Waals surface area contributed by atoms with Crippen LogP contribution in [0.4, 0.5) is 4.79 Å². The van der Waals surface area contributed by atoms with Crippen molar-refractivity contribution in [1.29, 1.82) is 0 Å². The lowest BCUT2D eigenvalue weighted by Gasteiger charge is -2.30. The number of carbonyl (C=O) groups excluding carboxylic acids is 2. The fourth-order valence-electron chi connectivity index (χ4n) is 4.43. The Morgan fingerprint density at radius 1 is 1.03 bits per heavy atom. The van der Waals surface area contributed by atoms with Crippen molar-refractivity contribution in [1.82, 2.24) is 10.2 Å². The summed E-state index contributed by atoms with van der Waals surface area (Å²) in [6.45, 7) is 6.95. The number of carbonyl (C=O) groups is 2. The first-order valence-corrected chi connectivity index (χ1v) is 11.7. The average Bonchev–Trinajstić information content (AvgIpc) is 2.81. The predicted molar refractivity (Wildman–Crippen MR) is 134 cm³/mol. The van der Waals surface area contributed by atoms with Gasteiger partial charge in [0.25, 0.3) is 0 Å². The number of nitrogens with zero attached hydrogens (tertiary/aromatic N) is 1. The summed E-state index contributed by atoms with van der Waals surface area (Å²) in [5, 5.41) is 2.69. The van der Waals surface area contributed by atoms with E-state index in [1.54, 1.807) is 35.0 Å². The topological polar surface area (TPSA) is 86.3 Å². The number of alkyl carbamates (subject to hydrolysis) is 1. The van der Waals surface area contributed by atoms with Gasteiger partial charge in [-0.05, 0) is 68.6 Å². The van der Waals surface area contributed by atoms with Gasteiger partial charge in [0.15, 0.2) is 0 Å². The number of benzene rings is 2. The highest BCUT2D eigenvalue weighted by Crippen LogP contribution is 2.42. The molecule has 1 aliphatic rings. The number of fused-ring (bicyclic) bond motifs is 1. The molecule has 1 N–H and O–H groups in total. The zero-order valence-electron chi connectivity index (χ0n) is 21.7. The lowest BCUT2D eigenvalue weighted by Crippen LogP contribution is -2.45. The van der Waals surface area contributed by atoms with E-state index >= 15 is 0 Å². The fraction of sp³-hybridized carbons (Fsp3) is 0.481. The standard InChI is InChI=1S/C27H36N2O6/c1-27(2,3)35-26(31)28-21(25(30)34-7)15-17-11-12-19(20-16-29(4)14-13-18(17)20)24-22(32-5)9-8-10-23(24)33-6/h8-12,21H,13-16H2,1-7H3,(H,28,31). The molecule has 0 aliphatic carbocycles. The molecule has 0 saturated carbocycles. The highest BCUT2D eigenvalue weighted by Gasteiger charge is 2.29. The number of hydrogen-bond acceptors (Lipinski definition) is 7. The Bertz CT molecular complexity index is 1050. The van der Waals surface area contributed by atoms with Crippen molar-refractivity contribution in [2.24, 2.45) is 0 Å². The Balaban J connectivity index is 2.04. The van der Waals surface area contributed by atoms with Crippen LogP contribution in [0.25, 0.3) is 11.1 Å². The molecule has 2 aromatic carbocycles. The summed E-state index contributed by atoms with van der Waals surface area (Å²) in [6.07, 6.45) is 0.450. The van der Waals surface area contributed by atoms with Gasteiger partial charge >= 0.3 is 12.1 Å². The second-order valence-corrected chi connectivity index (χ2v) is 9.68. The second kappa shape index (κ2) is 11.0. The summed E-state index contributed by atoms with van der Waals surface area (Å²) in [4.78, 5) is 27.2. The fourth-order valence-corrected chi connectivity index (χ4v) is 4.43. The minimum Gasteiger partial charge on any atom is -0.496 e. The van der Waals surface area contributed by atoms with E-state index in [0.717, 1.165) is 58.8 Å². The number of amides is 1. The van der Waals surface area contributed by atoms with Crippen LogP contribution in [0, 0.1) is 0 Å². The first kappa shape index (κ1) is 26.3. The maximum absolute atomic E-state index is 12.6. The van der Waals surface area contributed by atoms with E-state index in [4.69, 9.17) is 18.9 Å². The molecule has 8 nitrogen and oxygen atoms in total. The van der Waals surface area contributed by atoms with Gasteiger partial charge in [-0.1, -0.05) is 18.2 Å².